The number of benzene rings is 3. The molecule has 0 aliphatic rings. The van der Waals surface area contributed by atoms with Crippen LogP contribution in [0.5, 0.6) is 11.5 Å². The maximum absolute atomic E-state index is 13.2. The van der Waals surface area contributed by atoms with Crippen molar-refractivity contribution in [1.29, 1.82) is 0 Å². The Morgan fingerprint density at radius 2 is 1.44 bits per heavy atom. The molecule has 0 radical (unpaired) electrons. The molecule has 0 bridgehead atoms. The molecule has 3 aromatic carbocycles. The number of carbonyl (C=O) groups excluding carboxylic acids is 1. The summed E-state index contributed by atoms with van der Waals surface area (Å²) in [4.78, 5) is 19.3. The molecule has 0 saturated heterocycles. The fourth-order valence-corrected chi connectivity index (χ4v) is 5.04. The number of methoxy groups -OCH3 is 2. The topological polar surface area (TPSA) is 86.5 Å². The van der Waals surface area contributed by atoms with Crippen molar-refractivity contribution in [2.24, 2.45) is 0 Å². The Labute approximate surface area is 213 Å². The summed E-state index contributed by atoms with van der Waals surface area (Å²) in [6.07, 6.45) is 0. The molecule has 5 rings (SSSR count). The van der Waals surface area contributed by atoms with Crippen LogP contribution in [0.4, 0.5) is 11.4 Å². The first kappa shape index (κ1) is 23.4. The van der Waals surface area contributed by atoms with Crippen LogP contribution in [0.25, 0.3) is 32.6 Å². The van der Waals surface area contributed by atoms with Gasteiger partial charge in [0.2, 0.25) is 0 Å². The van der Waals surface area contributed by atoms with Gasteiger partial charge in [-0.1, -0.05) is 42.0 Å². The van der Waals surface area contributed by atoms with E-state index in [2.05, 4.69) is 36.5 Å². The highest BCUT2D eigenvalue weighted by molar-refractivity contribution is 7.21. The van der Waals surface area contributed by atoms with Crippen LogP contribution in [0.1, 0.15) is 15.2 Å². The molecule has 6 nitrogen and oxygen atoms in total. The van der Waals surface area contributed by atoms with Gasteiger partial charge in [0.15, 0.2) is 0 Å². The second-order valence-corrected chi connectivity index (χ2v) is 9.36. The summed E-state index contributed by atoms with van der Waals surface area (Å²) in [6, 6.07) is 25.2. The van der Waals surface area contributed by atoms with Crippen LogP contribution in [0.15, 0.2) is 78.9 Å². The number of ether oxygens (including phenoxy) is 2. The van der Waals surface area contributed by atoms with E-state index in [1.165, 1.54) is 16.9 Å². The summed E-state index contributed by atoms with van der Waals surface area (Å²) in [5.74, 6) is 1.20. The highest BCUT2D eigenvalue weighted by atomic mass is 32.1. The standard InChI is InChI=1S/C29H25N3O3S/c1-17-4-6-19(7-5-17)24-16-23(18-8-12-21(34-2)13-9-18)25-26(30)27(36-29(25)32-24)28(33)31-20-10-14-22(35-3)15-11-20/h4-16H,30H2,1-3H3,(H,31,33). The summed E-state index contributed by atoms with van der Waals surface area (Å²) >= 11 is 1.29. The van der Waals surface area contributed by atoms with E-state index in [1.807, 2.05) is 30.3 Å². The summed E-state index contributed by atoms with van der Waals surface area (Å²) in [5.41, 5.74) is 12.5. The van der Waals surface area contributed by atoms with Crippen LogP contribution in [0.2, 0.25) is 0 Å². The number of nitrogen functional groups attached to an aromatic ring is 1. The molecule has 0 aliphatic heterocycles. The first-order valence-electron chi connectivity index (χ1n) is 11.4. The van der Waals surface area contributed by atoms with Gasteiger partial charge in [-0.3, -0.25) is 4.79 Å². The van der Waals surface area contributed by atoms with Crippen LogP contribution in [-0.2, 0) is 0 Å². The lowest BCUT2D eigenvalue weighted by Gasteiger charge is -2.10. The Bertz CT molecular complexity index is 1540. The van der Waals surface area contributed by atoms with E-state index in [9.17, 15) is 4.79 Å². The molecule has 0 spiro atoms. The monoisotopic (exact) mass is 495 g/mol. The lowest BCUT2D eigenvalue weighted by Crippen LogP contribution is -2.11. The van der Waals surface area contributed by atoms with Gasteiger partial charge in [0.05, 0.1) is 25.6 Å². The average molecular weight is 496 g/mol. The molecule has 36 heavy (non-hydrogen) atoms. The number of pyridine rings is 1. The van der Waals surface area contributed by atoms with Crippen molar-refractivity contribution in [1.82, 2.24) is 4.98 Å². The number of hydrogen-bond donors (Lipinski definition) is 2. The van der Waals surface area contributed by atoms with E-state index in [1.54, 1.807) is 38.5 Å². The van der Waals surface area contributed by atoms with Crippen LogP contribution in [-0.4, -0.2) is 25.1 Å². The third-order valence-electron chi connectivity index (χ3n) is 6.00. The molecule has 1 amide bonds. The number of nitrogens with two attached hydrogens (primary N) is 1. The van der Waals surface area contributed by atoms with Gasteiger partial charge in [-0.15, -0.1) is 11.3 Å². The van der Waals surface area contributed by atoms with E-state index in [4.69, 9.17) is 20.2 Å². The molecule has 0 atom stereocenters. The second-order valence-electron chi connectivity index (χ2n) is 8.36. The number of fused-ring (bicyclic) bond motifs is 1. The Balaban J connectivity index is 1.63. The molecular weight excluding hydrogens is 470 g/mol. The summed E-state index contributed by atoms with van der Waals surface area (Å²) in [5, 5.41) is 3.69. The van der Waals surface area contributed by atoms with Crippen molar-refractivity contribution in [3.63, 3.8) is 0 Å². The van der Waals surface area contributed by atoms with Gasteiger partial charge < -0.3 is 20.5 Å². The predicted octanol–water partition coefficient (Wildman–Crippen LogP) is 6.79. The van der Waals surface area contributed by atoms with Crippen molar-refractivity contribution in [3.8, 4) is 33.9 Å². The van der Waals surface area contributed by atoms with Gasteiger partial charge in [0.25, 0.3) is 5.91 Å². The molecule has 3 N–H and O–H groups in total. The van der Waals surface area contributed by atoms with Crippen LogP contribution in [0, 0.1) is 6.92 Å². The maximum Gasteiger partial charge on any atom is 0.267 e. The van der Waals surface area contributed by atoms with Crippen LogP contribution in [0.3, 0.4) is 0 Å². The number of hydrogen-bond acceptors (Lipinski definition) is 6. The number of thiophene rings is 1. The van der Waals surface area contributed by atoms with Gasteiger partial charge in [0.1, 0.15) is 21.2 Å². The van der Waals surface area contributed by atoms with E-state index in [0.29, 0.717) is 26.8 Å². The quantitative estimate of drug-likeness (QED) is 0.271. The van der Waals surface area contributed by atoms with Gasteiger partial charge >= 0.3 is 0 Å². The Morgan fingerprint density at radius 1 is 0.861 bits per heavy atom. The van der Waals surface area contributed by atoms with Crippen molar-refractivity contribution in [2.75, 3.05) is 25.3 Å². The van der Waals surface area contributed by atoms with Crippen molar-refractivity contribution < 1.29 is 14.3 Å². The number of nitrogens with one attached hydrogen (secondary N) is 1. The lowest BCUT2D eigenvalue weighted by molar-refractivity contribution is 0.103. The highest BCUT2D eigenvalue weighted by Crippen LogP contribution is 2.42. The zero-order valence-electron chi connectivity index (χ0n) is 20.2. The zero-order valence-corrected chi connectivity index (χ0v) is 21.0. The van der Waals surface area contributed by atoms with Crippen molar-refractivity contribution in [3.05, 3.63) is 89.3 Å². The first-order chi connectivity index (χ1) is 17.5. The Kier molecular flexibility index (Phi) is 6.31. The third-order valence-corrected chi connectivity index (χ3v) is 7.10. The van der Waals surface area contributed by atoms with Crippen LogP contribution < -0.4 is 20.5 Å². The fraction of sp³-hybridized carbons (Fsp3) is 0.103. The SMILES string of the molecule is COc1ccc(NC(=O)c2sc3nc(-c4ccc(C)cc4)cc(-c4ccc(OC)cc4)c3c2N)cc1. The Hall–Kier alpha value is -4.36. The molecule has 0 aliphatic carbocycles. The van der Waals surface area contributed by atoms with Gasteiger partial charge in [0, 0.05) is 16.6 Å². The number of aromatic nitrogens is 1. The number of carbonyl (C=O) groups is 1. The number of anilines is 2. The van der Waals surface area contributed by atoms with E-state index in [0.717, 1.165) is 33.5 Å². The second kappa shape index (κ2) is 9.71. The predicted molar refractivity (Wildman–Crippen MR) is 147 cm³/mol. The summed E-state index contributed by atoms with van der Waals surface area (Å²) < 4.78 is 10.5. The lowest BCUT2D eigenvalue weighted by atomic mass is 9.99. The molecule has 180 valence electrons. The third kappa shape index (κ3) is 4.48. The molecular formula is C29H25N3O3S. The zero-order chi connectivity index (χ0) is 25.2. The molecule has 2 aromatic heterocycles. The number of nitrogens with zero attached hydrogens (tertiary/aromatic N) is 1. The van der Waals surface area contributed by atoms with E-state index in [-0.39, 0.29) is 5.91 Å². The minimum absolute atomic E-state index is 0.279. The molecule has 0 unspecified atom stereocenters. The molecule has 0 fully saturated rings. The largest absolute Gasteiger partial charge is 0.497 e. The minimum Gasteiger partial charge on any atom is -0.497 e. The summed E-state index contributed by atoms with van der Waals surface area (Å²) in [6.45, 7) is 2.05. The average Bonchev–Trinajstić information content (AvgIpc) is 3.25. The highest BCUT2D eigenvalue weighted by Gasteiger charge is 2.22. The van der Waals surface area contributed by atoms with Crippen LogP contribution >= 0.6 is 11.3 Å². The van der Waals surface area contributed by atoms with E-state index < -0.39 is 0 Å². The molecule has 5 aromatic rings. The molecule has 2 heterocycles. The maximum atomic E-state index is 13.2. The van der Waals surface area contributed by atoms with Crippen molar-refractivity contribution in [2.45, 2.75) is 6.92 Å². The smallest absolute Gasteiger partial charge is 0.267 e. The normalized spacial score (nSPS) is 10.9. The number of aryl methyl sites for hydroxylation is 1. The summed E-state index contributed by atoms with van der Waals surface area (Å²) in [7, 11) is 3.24. The minimum atomic E-state index is -0.279. The van der Waals surface area contributed by atoms with E-state index >= 15 is 0 Å². The Morgan fingerprint density at radius 3 is 2.06 bits per heavy atom. The molecule has 7 heteroatoms. The molecule has 0 saturated carbocycles. The van der Waals surface area contributed by atoms with Crippen molar-refractivity contribution >= 4 is 38.8 Å². The number of rotatable bonds is 6. The van der Waals surface area contributed by atoms with Gasteiger partial charge in [-0.25, -0.2) is 4.98 Å². The van der Waals surface area contributed by atoms with Gasteiger partial charge in [-0.2, -0.15) is 0 Å². The number of amides is 1. The van der Waals surface area contributed by atoms with Gasteiger partial charge in [-0.05, 0) is 60.5 Å². The first-order valence-corrected chi connectivity index (χ1v) is 12.2. The fourth-order valence-electron chi connectivity index (χ4n) is 4.02.